The fraction of sp³-hybridized carbons (Fsp3) is 0.793. The van der Waals surface area contributed by atoms with E-state index in [1.165, 1.54) is 0 Å². The van der Waals surface area contributed by atoms with Crippen LogP contribution >= 0.6 is 0 Å². The van der Waals surface area contributed by atoms with Crippen molar-refractivity contribution in [2.75, 3.05) is 0 Å². The Bertz CT molecular complexity index is 737. The van der Waals surface area contributed by atoms with Crippen molar-refractivity contribution in [1.82, 2.24) is 0 Å². The van der Waals surface area contributed by atoms with Crippen molar-refractivity contribution < 1.29 is 18.4 Å². The van der Waals surface area contributed by atoms with Gasteiger partial charge >= 0.3 is 0 Å². The van der Waals surface area contributed by atoms with Gasteiger partial charge in [0.1, 0.15) is 17.6 Å². The third kappa shape index (κ3) is 7.22. The molecule has 0 aliphatic rings. The second-order valence-corrected chi connectivity index (χ2v) is 21.7. The molecular weight excluding hydrogens is 468 g/mol. The molecule has 4 atom stereocenters. The predicted molar refractivity (Wildman–Crippen MR) is 155 cm³/mol. The van der Waals surface area contributed by atoms with Crippen LogP contribution in [0.4, 0.5) is 0 Å². The molecule has 0 bridgehead atoms. The maximum atomic E-state index is 11.4. The number of rotatable bonds is 16. The highest BCUT2D eigenvalue weighted by Crippen LogP contribution is 2.43. The topological polar surface area (TPSA) is 51.8 Å². The van der Waals surface area contributed by atoms with E-state index in [4.69, 9.17) is 13.3 Å². The molecule has 6 heteroatoms. The van der Waals surface area contributed by atoms with Gasteiger partial charge in [-0.2, -0.15) is 0 Å². The van der Waals surface area contributed by atoms with E-state index in [2.05, 4.69) is 82.7 Å². The van der Waals surface area contributed by atoms with Crippen molar-refractivity contribution >= 4 is 16.6 Å². The zero-order chi connectivity index (χ0) is 27.1. The lowest BCUT2D eigenvalue weighted by molar-refractivity contribution is 0.00105. The van der Waals surface area contributed by atoms with Gasteiger partial charge in [-0.05, 0) is 53.7 Å². The number of aliphatic hydroxyl groups excluding tert-OH is 1. The Balaban J connectivity index is 3.19. The number of aryl methyl sites for hydroxylation is 1. The van der Waals surface area contributed by atoms with E-state index >= 15 is 0 Å². The third-order valence-electron chi connectivity index (χ3n) is 8.74. The SMILES string of the molecule is C=C[C@@H](C)[C@@H](O[Si](CC)(CC)CC)[C@@H](C)[C@H](O)c1cc(CO[Si](C(C)C)(C(C)C)C(C)C)c(C)o1. The second kappa shape index (κ2) is 13.8. The van der Waals surface area contributed by atoms with Gasteiger partial charge in [-0.25, -0.2) is 0 Å². The van der Waals surface area contributed by atoms with Crippen LogP contribution in [0.1, 0.15) is 99.3 Å². The summed E-state index contributed by atoms with van der Waals surface area (Å²) in [6, 6.07) is 5.25. The summed E-state index contributed by atoms with van der Waals surface area (Å²) in [5.41, 5.74) is 2.62. The van der Waals surface area contributed by atoms with Crippen molar-refractivity contribution in [2.24, 2.45) is 11.8 Å². The van der Waals surface area contributed by atoms with Crippen LogP contribution in [0.15, 0.2) is 23.1 Å². The minimum absolute atomic E-state index is 0.0954. The number of hydrogen-bond donors (Lipinski definition) is 1. The van der Waals surface area contributed by atoms with Crippen molar-refractivity contribution in [3.63, 3.8) is 0 Å². The molecule has 1 heterocycles. The molecular formula is C29H56O4Si2. The molecule has 0 unspecified atom stereocenters. The summed E-state index contributed by atoms with van der Waals surface area (Å²) in [4.78, 5) is 0. The molecule has 4 nitrogen and oxygen atoms in total. The van der Waals surface area contributed by atoms with Crippen molar-refractivity contribution in [3.8, 4) is 0 Å². The molecule has 35 heavy (non-hydrogen) atoms. The smallest absolute Gasteiger partial charge is 0.200 e. The highest BCUT2D eigenvalue weighted by molar-refractivity contribution is 6.77. The Labute approximate surface area is 219 Å². The molecule has 204 valence electrons. The average Bonchev–Trinajstić information content (AvgIpc) is 3.19. The van der Waals surface area contributed by atoms with Crippen LogP contribution in [0.25, 0.3) is 0 Å². The average molecular weight is 525 g/mol. The fourth-order valence-corrected chi connectivity index (χ4v) is 14.5. The molecule has 0 aliphatic heterocycles. The lowest BCUT2D eigenvalue weighted by Crippen LogP contribution is -2.47. The highest BCUT2D eigenvalue weighted by Gasteiger charge is 2.45. The second-order valence-electron chi connectivity index (χ2n) is 11.6. The number of furan rings is 1. The Morgan fingerprint density at radius 3 is 1.83 bits per heavy atom. The zero-order valence-electron chi connectivity index (χ0n) is 24.9. The summed E-state index contributed by atoms with van der Waals surface area (Å²) in [6.45, 7) is 31.3. The maximum absolute atomic E-state index is 11.4. The van der Waals surface area contributed by atoms with E-state index < -0.39 is 22.7 Å². The monoisotopic (exact) mass is 524 g/mol. The van der Waals surface area contributed by atoms with Gasteiger partial charge < -0.3 is 18.4 Å². The molecule has 1 rings (SSSR count). The molecule has 1 aromatic rings. The van der Waals surface area contributed by atoms with E-state index in [0.717, 1.165) is 29.5 Å². The van der Waals surface area contributed by atoms with E-state index in [0.29, 0.717) is 29.0 Å². The van der Waals surface area contributed by atoms with Crippen LogP contribution in [0.5, 0.6) is 0 Å². The van der Waals surface area contributed by atoms with Gasteiger partial charge in [-0.1, -0.05) is 82.2 Å². The quantitative estimate of drug-likeness (QED) is 0.173. The lowest BCUT2D eigenvalue weighted by atomic mass is 9.88. The van der Waals surface area contributed by atoms with E-state index in [9.17, 15) is 5.11 Å². The summed E-state index contributed by atoms with van der Waals surface area (Å²) in [6.07, 6.45) is 1.12. The van der Waals surface area contributed by atoms with Crippen molar-refractivity contribution in [2.45, 2.75) is 137 Å². The molecule has 0 aromatic carbocycles. The summed E-state index contributed by atoms with van der Waals surface area (Å²) in [7, 11) is -3.83. The lowest BCUT2D eigenvalue weighted by Gasteiger charge is -2.42. The van der Waals surface area contributed by atoms with Gasteiger partial charge in [0.2, 0.25) is 8.32 Å². The molecule has 0 aliphatic carbocycles. The van der Waals surface area contributed by atoms with Crippen LogP contribution < -0.4 is 0 Å². The molecule has 0 amide bonds. The van der Waals surface area contributed by atoms with Gasteiger partial charge in [-0.3, -0.25) is 0 Å². The summed E-state index contributed by atoms with van der Waals surface area (Å²) < 4.78 is 19.8. The molecule has 0 fully saturated rings. The van der Waals surface area contributed by atoms with E-state index in [1.54, 1.807) is 0 Å². The highest BCUT2D eigenvalue weighted by atomic mass is 28.4. The Morgan fingerprint density at radius 1 is 0.943 bits per heavy atom. The predicted octanol–water partition coefficient (Wildman–Crippen LogP) is 9.16. The van der Waals surface area contributed by atoms with Crippen LogP contribution in [-0.4, -0.2) is 27.8 Å². The minimum atomic E-state index is -1.98. The zero-order valence-corrected chi connectivity index (χ0v) is 26.9. The largest absolute Gasteiger partial charge is 0.463 e. The first-order chi connectivity index (χ1) is 16.3. The summed E-state index contributed by atoms with van der Waals surface area (Å²) >= 11 is 0. The summed E-state index contributed by atoms with van der Waals surface area (Å²) in [5, 5.41) is 11.4. The number of hydrogen-bond acceptors (Lipinski definition) is 4. The van der Waals surface area contributed by atoms with Gasteiger partial charge in [0.15, 0.2) is 8.32 Å². The molecule has 1 aromatic heterocycles. The van der Waals surface area contributed by atoms with Gasteiger partial charge in [0, 0.05) is 11.5 Å². The first kappa shape index (κ1) is 32.4. The third-order valence-corrected chi connectivity index (χ3v) is 19.4. The Kier molecular flexibility index (Phi) is 12.7. The molecule has 0 radical (unpaired) electrons. The van der Waals surface area contributed by atoms with Crippen LogP contribution in [0, 0.1) is 18.8 Å². The van der Waals surface area contributed by atoms with E-state index in [-0.39, 0.29) is 17.9 Å². The van der Waals surface area contributed by atoms with Crippen LogP contribution in [0.3, 0.4) is 0 Å². The summed E-state index contributed by atoms with van der Waals surface area (Å²) in [5.74, 6) is 1.47. The van der Waals surface area contributed by atoms with Gasteiger partial charge in [0.25, 0.3) is 0 Å². The van der Waals surface area contributed by atoms with Crippen molar-refractivity contribution in [1.29, 1.82) is 0 Å². The maximum Gasteiger partial charge on any atom is 0.200 e. The molecule has 0 saturated heterocycles. The standard InChI is InChI=1S/C29H56O4Si2/c1-14-23(11)29(33-34(15-2,16-3)17-4)24(12)28(30)27-18-26(25(13)32-27)19-31-35(20(5)6,21(7)8)22(9)10/h14,18,20-24,28-30H,1,15-17,19H2,2-13H3/t23-,24+,28+,29-/m1/s1. The van der Waals surface area contributed by atoms with E-state index in [1.807, 2.05) is 19.1 Å². The Hall–Kier alpha value is -0.666. The van der Waals surface area contributed by atoms with Gasteiger partial charge in [0.05, 0.1) is 12.7 Å². The molecule has 0 saturated carbocycles. The normalized spacial score (nSPS) is 16.7. The minimum Gasteiger partial charge on any atom is -0.463 e. The van der Waals surface area contributed by atoms with Crippen molar-refractivity contribution in [3.05, 3.63) is 35.8 Å². The molecule has 0 spiro atoms. The first-order valence-corrected chi connectivity index (χ1v) is 18.6. The number of aliphatic hydroxyl groups is 1. The molecule has 1 N–H and O–H groups in total. The van der Waals surface area contributed by atoms with Crippen LogP contribution in [-0.2, 0) is 15.5 Å². The van der Waals surface area contributed by atoms with Crippen LogP contribution in [0.2, 0.25) is 34.8 Å². The fourth-order valence-electron chi connectivity index (χ4n) is 6.09. The first-order valence-electron chi connectivity index (χ1n) is 14.0. The van der Waals surface area contributed by atoms with Gasteiger partial charge in [-0.15, -0.1) is 6.58 Å². The Morgan fingerprint density at radius 2 is 1.43 bits per heavy atom.